The number of aromatic amines is 1. The SMILES string of the molecule is CCc1[nH]ncc1NC1CCN(C)CC1. The monoisotopic (exact) mass is 208 g/mol. The number of aryl methyl sites for hydroxylation is 1. The first-order valence-corrected chi connectivity index (χ1v) is 5.77. The van der Waals surface area contributed by atoms with E-state index in [1.54, 1.807) is 0 Å². The van der Waals surface area contributed by atoms with Gasteiger partial charge in [0.05, 0.1) is 17.6 Å². The largest absolute Gasteiger partial charge is 0.379 e. The van der Waals surface area contributed by atoms with E-state index in [2.05, 4.69) is 34.4 Å². The molecule has 0 aromatic carbocycles. The standard InChI is InChI=1S/C11H20N4/c1-3-10-11(8-12-14-10)13-9-4-6-15(2)7-5-9/h8-9,13H,3-7H2,1-2H3,(H,12,14). The topological polar surface area (TPSA) is 44.0 Å². The highest BCUT2D eigenvalue weighted by molar-refractivity contribution is 5.46. The molecule has 4 heteroatoms. The average molecular weight is 208 g/mol. The van der Waals surface area contributed by atoms with Gasteiger partial charge >= 0.3 is 0 Å². The van der Waals surface area contributed by atoms with Crippen LogP contribution in [-0.2, 0) is 6.42 Å². The Balaban J connectivity index is 1.91. The van der Waals surface area contributed by atoms with E-state index in [4.69, 9.17) is 0 Å². The van der Waals surface area contributed by atoms with Crippen molar-refractivity contribution in [3.63, 3.8) is 0 Å². The Morgan fingerprint density at radius 1 is 1.53 bits per heavy atom. The van der Waals surface area contributed by atoms with Crippen molar-refractivity contribution in [3.8, 4) is 0 Å². The van der Waals surface area contributed by atoms with E-state index >= 15 is 0 Å². The smallest absolute Gasteiger partial charge is 0.0758 e. The highest BCUT2D eigenvalue weighted by Crippen LogP contribution is 2.18. The lowest BCUT2D eigenvalue weighted by molar-refractivity contribution is 0.264. The Labute approximate surface area is 91.1 Å². The molecule has 0 saturated carbocycles. The van der Waals surface area contributed by atoms with Gasteiger partial charge in [0.25, 0.3) is 0 Å². The van der Waals surface area contributed by atoms with Crippen molar-refractivity contribution < 1.29 is 0 Å². The second kappa shape index (κ2) is 4.66. The first-order valence-electron chi connectivity index (χ1n) is 5.77. The third-order valence-corrected chi connectivity index (χ3v) is 3.15. The van der Waals surface area contributed by atoms with Crippen LogP contribution in [0.4, 0.5) is 5.69 Å². The zero-order chi connectivity index (χ0) is 10.7. The van der Waals surface area contributed by atoms with Gasteiger partial charge in [0.1, 0.15) is 0 Å². The molecule has 1 aromatic heterocycles. The van der Waals surface area contributed by atoms with Crippen molar-refractivity contribution in [2.75, 3.05) is 25.5 Å². The fourth-order valence-corrected chi connectivity index (χ4v) is 2.08. The molecule has 0 aliphatic carbocycles. The minimum Gasteiger partial charge on any atom is -0.379 e. The number of hydrogen-bond acceptors (Lipinski definition) is 3. The molecule has 1 saturated heterocycles. The van der Waals surface area contributed by atoms with E-state index in [9.17, 15) is 0 Å². The summed E-state index contributed by atoms with van der Waals surface area (Å²) in [5.74, 6) is 0. The summed E-state index contributed by atoms with van der Waals surface area (Å²) in [6.07, 6.45) is 5.36. The van der Waals surface area contributed by atoms with Crippen LogP contribution in [-0.4, -0.2) is 41.3 Å². The summed E-state index contributed by atoms with van der Waals surface area (Å²) in [6.45, 7) is 4.53. The lowest BCUT2D eigenvalue weighted by atomic mass is 10.1. The van der Waals surface area contributed by atoms with Gasteiger partial charge in [-0.1, -0.05) is 6.92 Å². The average Bonchev–Trinajstić information content (AvgIpc) is 2.69. The van der Waals surface area contributed by atoms with Gasteiger partial charge in [-0.15, -0.1) is 0 Å². The number of piperidine rings is 1. The fourth-order valence-electron chi connectivity index (χ4n) is 2.08. The zero-order valence-electron chi connectivity index (χ0n) is 9.58. The Kier molecular flexibility index (Phi) is 3.26. The summed E-state index contributed by atoms with van der Waals surface area (Å²) < 4.78 is 0. The van der Waals surface area contributed by atoms with Crippen molar-refractivity contribution in [1.82, 2.24) is 15.1 Å². The Morgan fingerprint density at radius 3 is 2.93 bits per heavy atom. The molecule has 2 N–H and O–H groups in total. The number of nitrogens with one attached hydrogen (secondary N) is 2. The van der Waals surface area contributed by atoms with Gasteiger partial charge in [0, 0.05) is 6.04 Å². The van der Waals surface area contributed by atoms with Crippen LogP contribution in [0.2, 0.25) is 0 Å². The molecule has 1 fully saturated rings. The third-order valence-electron chi connectivity index (χ3n) is 3.15. The molecular formula is C11H20N4. The van der Waals surface area contributed by atoms with Gasteiger partial charge in [-0.05, 0) is 39.4 Å². The first kappa shape index (κ1) is 10.5. The molecule has 0 atom stereocenters. The normalized spacial score (nSPS) is 19.3. The number of H-pyrrole nitrogens is 1. The van der Waals surface area contributed by atoms with E-state index in [0.717, 1.165) is 6.42 Å². The number of likely N-dealkylation sites (tertiary alicyclic amines) is 1. The van der Waals surface area contributed by atoms with Crippen LogP contribution in [0.3, 0.4) is 0 Å². The maximum absolute atomic E-state index is 4.08. The molecule has 0 amide bonds. The summed E-state index contributed by atoms with van der Waals surface area (Å²) in [7, 11) is 2.19. The van der Waals surface area contributed by atoms with E-state index in [-0.39, 0.29) is 0 Å². The molecule has 0 spiro atoms. The lowest BCUT2D eigenvalue weighted by Crippen LogP contribution is -2.36. The molecule has 0 bridgehead atoms. The number of rotatable bonds is 3. The van der Waals surface area contributed by atoms with Crippen LogP contribution >= 0.6 is 0 Å². The number of hydrogen-bond donors (Lipinski definition) is 2. The quantitative estimate of drug-likeness (QED) is 0.790. The minimum absolute atomic E-state index is 0.615. The second-order valence-electron chi connectivity index (χ2n) is 4.34. The molecule has 15 heavy (non-hydrogen) atoms. The van der Waals surface area contributed by atoms with E-state index in [1.807, 2.05) is 6.20 Å². The fraction of sp³-hybridized carbons (Fsp3) is 0.727. The Morgan fingerprint density at radius 2 is 2.27 bits per heavy atom. The van der Waals surface area contributed by atoms with Crippen molar-refractivity contribution in [3.05, 3.63) is 11.9 Å². The highest BCUT2D eigenvalue weighted by Gasteiger charge is 2.17. The van der Waals surface area contributed by atoms with E-state index in [0.29, 0.717) is 6.04 Å². The predicted octanol–water partition coefficient (Wildman–Crippen LogP) is 1.48. The highest BCUT2D eigenvalue weighted by atomic mass is 15.2. The van der Waals surface area contributed by atoms with Gasteiger partial charge in [-0.25, -0.2) is 0 Å². The Hall–Kier alpha value is -1.03. The number of aromatic nitrogens is 2. The summed E-state index contributed by atoms with van der Waals surface area (Å²) >= 11 is 0. The molecule has 0 radical (unpaired) electrons. The Bertz CT molecular complexity index is 299. The van der Waals surface area contributed by atoms with E-state index < -0.39 is 0 Å². The van der Waals surface area contributed by atoms with Crippen LogP contribution in [0.1, 0.15) is 25.5 Å². The molecule has 84 valence electrons. The molecule has 2 rings (SSSR count). The summed E-state index contributed by atoms with van der Waals surface area (Å²) in [5, 5.41) is 10.7. The van der Waals surface area contributed by atoms with Gasteiger partial charge in [-0.3, -0.25) is 5.10 Å². The second-order valence-corrected chi connectivity index (χ2v) is 4.34. The number of nitrogens with zero attached hydrogens (tertiary/aromatic N) is 2. The zero-order valence-corrected chi connectivity index (χ0v) is 9.58. The molecule has 4 nitrogen and oxygen atoms in total. The van der Waals surface area contributed by atoms with Gasteiger partial charge in [0.15, 0.2) is 0 Å². The minimum atomic E-state index is 0.615. The summed E-state index contributed by atoms with van der Waals surface area (Å²) in [6, 6.07) is 0.615. The molecule has 1 aliphatic heterocycles. The van der Waals surface area contributed by atoms with Crippen LogP contribution < -0.4 is 5.32 Å². The molecule has 0 unspecified atom stereocenters. The maximum atomic E-state index is 4.08. The van der Waals surface area contributed by atoms with Gasteiger partial charge in [0.2, 0.25) is 0 Å². The van der Waals surface area contributed by atoms with Crippen molar-refractivity contribution in [2.45, 2.75) is 32.2 Å². The van der Waals surface area contributed by atoms with Crippen LogP contribution in [0.15, 0.2) is 6.20 Å². The van der Waals surface area contributed by atoms with Crippen molar-refractivity contribution in [2.24, 2.45) is 0 Å². The molecule has 1 aliphatic rings. The van der Waals surface area contributed by atoms with Crippen LogP contribution in [0.25, 0.3) is 0 Å². The molecule has 2 heterocycles. The number of anilines is 1. The van der Waals surface area contributed by atoms with E-state index in [1.165, 1.54) is 37.3 Å². The predicted molar refractivity (Wildman–Crippen MR) is 62.1 cm³/mol. The summed E-state index contributed by atoms with van der Waals surface area (Å²) in [5.41, 5.74) is 2.40. The summed E-state index contributed by atoms with van der Waals surface area (Å²) in [4.78, 5) is 2.38. The van der Waals surface area contributed by atoms with Crippen LogP contribution in [0, 0.1) is 0 Å². The van der Waals surface area contributed by atoms with Crippen molar-refractivity contribution >= 4 is 5.69 Å². The van der Waals surface area contributed by atoms with Crippen molar-refractivity contribution in [1.29, 1.82) is 0 Å². The molecule has 1 aromatic rings. The third kappa shape index (κ3) is 2.50. The maximum Gasteiger partial charge on any atom is 0.0758 e. The first-order chi connectivity index (χ1) is 7.29. The lowest BCUT2D eigenvalue weighted by Gasteiger charge is -2.30. The molecular weight excluding hydrogens is 188 g/mol. The van der Waals surface area contributed by atoms with Gasteiger partial charge in [-0.2, -0.15) is 5.10 Å². The van der Waals surface area contributed by atoms with Gasteiger partial charge < -0.3 is 10.2 Å². The van der Waals surface area contributed by atoms with Crippen LogP contribution in [0.5, 0.6) is 0 Å².